The fourth-order valence-corrected chi connectivity index (χ4v) is 2.60. The van der Waals surface area contributed by atoms with Crippen LogP contribution in [0.25, 0.3) is 0 Å². The van der Waals surface area contributed by atoms with E-state index < -0.39 is 6.43 Å². The van der Waals surface area contributed by atoms with Crippen LogP contribution in [0.3, 0.4) is 0 Å². The van der Waals surface area contributed by atoms with Crippen LogP contribution in [0.2, 0.25) is 0 Å². The van der Waals surface area contributed by atoms with Gasteiger partial charge in [-0.15, -0.1) is 0 Å². The van der Waals surface area contributed by atoms with E-state index in [0.717, 1.165) is 25.7 Å². The van der Waals surface area contributed by atoms with Crippen molar-refractivity contribution in [2.24, 2.45) is 11.1 Å². The molecule has 0 radical (unpaired) electrons. The Morgan fingerprint density at radius 2 is 1.94 bits per heavy atom. The molecule has 0 spiro atoms. The summed E-state index contributed by atoms with van der Waals surface area (Å²) in [6.45, 7) is 1.12. The largest absolute Gasteiger partial charge is 0.395 e. The van der Waals surface area contributed by atoms with E-state index in [1.165, 1.54) is 0 Å². The Bertz CT molecular complexity index is 196. The molecular weight excluding hydrogens is 214 g/mol. The number of aliphatic hydroxyl groups is 1. The number of nitrogens with zero attached hydrogens (tertiary/aromatic N) is 1. The highest BCUT2D eigenvalue weighted by molar-refractivity contribution is 4.88. The van der Waals surface area contributed by atoms with Crippen molar-refractivity contribution < 1.29 is 13.9 Å². The second kappa shape index (κ2) is 6.47. The molecule has 0 heterocycles. The summed E-state index contributed by atoms with van der Waals surface area (Å²) in [7, 11) is 0. The molecule has 96 valence electrons. The number of hydrogen-bond donors (Lipinski definition) is 2. The van der Waals surface area contributed by atoms with Gasteiger partial charge >= 0.3 is 0 Å². The van der Waals surface area contributed by atoms with Crippen molar-refractivity contribution in [2.75, 3.05) is 32.8 Å². The molecule has 1 aliphatic carbocycles. The molecule has 0 aromatic carbocycles. The Balaban J connectivity index is 2.50. The van der Waals surface area contributed by atoms with Crippen LogP contribution in [-0.2, 0) is 0 Å². The Kier molecular flexibility index (Phi) is 5.58. The predicted octanol–water partition coefficient (Wildman–Crippen LogP) is 1.06. The van der Waals surface area contributed by atoms with Gasteiger partial charge in [-0.1, -0.05) is 12.8 Å². The summed E-state index contributed by atoms with van der Waals surface area (Å²) < 4.78 is 24.7. The molecule has 0 aliphatic heterocycles. The highest BCUT2D eigenvalue weighted by atomic mass is 19.3. The highest BCUT2D eigenvalue weighted by Gasteiger charge is 2.34. The first-order valence-corrected chi connectivity index (χ1v) is 5.93. The molecule has 0 aromatic heterocycles. The van der Waals surface area contributed by atoms with Crippen molar-refractivity contribution in [3.8, 4) is 0 Å². The Hall–Kier alpha value is -0.260. The summed E-state index contributed by atoms with van der Waals surface area (Å²) in [5.41, 5.74) is 5.77. The van der Waals surface area contributed by atoms with Crippen LogP contribution in [0, 0.1) is 5.41 Å². The van der Waals surface area contributed by atoms with Gasteiger partial charge in [-0.05, 0) is 24.8 Å². The van der Waals surface area contributed by atoms with Crippen molar-refractivity contribution >= 4 is 0 Å². The lowest BCUT2D eigenvalue weighted by atomic mass is 9.85. The number of aliphatic hydroxyl groups excluding tert-OH is 1. The average Bonchev–Trinajstić information content (AvgIpc) is 2.66. The minimum absolute atomic E-state index is 0.00403. The summed E-state index contributed by atoms with van der Waals surface area (Å²) in [5.74, 6) is 0. The lowest BCUT2D eigenvalue weighted by Crippen LogP contribution is -2.43. The smallest absolute Gasteiger partial charge is 0.251 e. The molecule has 1 rings (SSSR count). The third-order valence-electron chi connectivity index (χ3n) is 3.47. The van der Waals surface area contributed by atoms with Crippen molar-refractivity contribution in [2.45, 2.75) is 32.1 Å². The molecule has 5 heteroatoms. The normalized spacial score (nSPS) is 19.9. The number of rotatable bonds is 7. The van der Waals surface area contributed by atoms with Gasteiger partial charge in [0.05, 0.1) is 13.2 Å². The van der Waals surface area contributed by atoms with Crippen LogP contribution < -0.4 is 5.73 Å². The molecule has 3 nitrogen and oxygen atoms in total. The molecule has 1 saturated carbocycles. The van der Waals surface area contributed by atoms with Crippen LogP contribution in [0.5, 0.6) is 0 Å². The van der Waals surface area contributed by atoms with E-state index in [1.54, 1.807) is 4.90 Å². The minimum atomic E-state index is -2.34. The summed E-state index contributed by atoms with van der Waals surface area (Å²) in [6, 6.07) is 0. The molecule has 1 aliphatic rings. The molecule has 0 atom stereocenters. The molecular formula is C11H22F2N2O. The van der Waals surface area contributed by atoms with Gasteiger partial charge in [-0.25, -0.2) is 8.78 Å². The van der Waals surface area contributed by atoms with E-state index in [2.05, 4.69) is 0 Å². The average molecular weight is 236 g/mol. The lowest BCUT2D eigenvalue weighted by Gasteiger charge is -2.34. The molecule has 16 heavy (non-hydrogen) atoms. The van der Waals surface area contributed by atoms with Crippen molar-refractivity contribution in [1.29, 1.82) is 0 Å². The monoisotopic (exact) mass is 236 g/mol. The maximum Gasteiger partial charge on any atom is 0.251 e. The zero-order valence-electron chi connectivity index (χ0n) is 9.67. The van der Waals surface area contributed by atoms with Crippen molar-refractivity contribution in [1.82, 2.24) is 4.90 Å². The molecule has 0 unspecified atom stereocenters. The highest BCUT2D eigenvalue weighted by Crippen LogP contribution is 2.37. The second-order valence-corrected chi connectivity index (χ2v) is 4.76. The van der Waals surface area contributed by atoms with Crippen LogP contribution in [0.1, 0.15) is 25.7 Å². The molecule has 1 fully saturated rings. The van der Waals surface area contributed by atoms with E-state index in [0.29, 0.717) is 19.6 Å². The van der Waals surface area contributed by atoms with Crippen LogP contribution in [0.15, 0.2) is 0 Å². The topological polar surface area (TPSA) is 49.5 Å². The number of alkyl halides is 2. The third-order valence-corrected chi connectivity index (χ3v) is 3.47. The van der Waals surface area contributed by atoms with E-state index in [9.17, 15) is 8.78 Å². The summed E-state index contributed by atoms with van der Waals surface area (Å²) in [4.78, 5) is 1.64. The molecule has 0 bridgehead atoms. The molecule has 3 N–H and O–H groups in total. The van der Waals surface area contributed by atoms with Crippen molar-refractivity contribution in [3.63, 3.8) is 0 Å². The van der Waals surface area contributed by atoms with E-state index in [4.69, 9.17) is 10.8 Å². The van der Waals surface area contributed by atoms with Crippen molar-refractivity contribution in [3.05, 3.63) is 0 Å². The predicted molar refractivity (Wildman–Crippen MR) is 59.5 cm³/mol. The number of hydrogen-bond acceptors (Lipinski definition) is 3. The zero-order chi connectivity index (χ0) is 12.0. The van der Waals surface area contributed by atoms with Gasteiger partial charge in [-0.3, -0.25) is 4.90 Å². The van der Waals surface area contributed by atoms with Gasteiger partial charge in [0.2, 0.25) is 0 Å². The van der Waals surface area contributed by atoms with Gasteiger partial charge in [0.25, 0.3) is 6.43 Å². The fraction of sp³-hybridized carbons (Fsp3) is 1.00. The van der Waals surface area contributed by atoms with Gasteiger partial charge < -0.3 is 10.8 Å². The molecule has 0 amide bonds. The van der Waals surface area contributed by atoms with Gasteiger partial charge in [0.15, 0.2) is 0 Å². The first kappa shape index (κ1) is 13.8. The van der Waals surface area contributed by atoms with Gasteiger partial charge in [0, 0.05) is 13.1 Å². The first-order valence-electron chi connectivity index (χ1n) is 5.93. The Morgan fingerprint density at radius 1 is 1.31 bits per heavy atom. The number of halogens is 2. The maximum atomic E-state index is 12.4. The zero-order valence-corrected chi connectivity index (χ0v) is 9.67. The van der Waals surface area contributed by atoms with Gasteiger partial charge in [0.1, 0.15) is 0 Å². The van der Waals surface area contributed by atoms with E-state index in [1.807, 2.05) is 0 Å². The summed E-state index contributed by atoms with van der Waals surface area (Å²) in [5, 5.41) is 8.86. The Labute approximate surface area is 95.6 Å². The Morgan fingerprint density at radius 3 is 2.38 bits per heavy atom. The minimum Gasteiger partial charge on any atom is -0.395 e. The quantitative estimate of drug-likeness (QED) is 0.695. The molecule has 0 saturated heterocycles. The van der Waals surface area contributed by atoms with Crippen LogP contribution in [-0.4, -0.2) is 49.2 Å². The van der Waals surface area contributed by atoms with Crippen LogP contribution >= 0.6 is 0 Å². The standard InChI is InChI=1S/C11H22F2N2O/c12-10(13)7-15(5-6-16)9-11(8-14)3-1-2-4-11/h10,16H,1-9,14H2. The van der Waals surface area contributed by atoms with Crippen LogP contribution in [0.4, 0.5) is 8.78 Å². The summed E-state index contributed by atoms with van der Waals surface area (Å²) >= 11 is 0. The third kappa shape index (κ3) is 3.96. The molecule has 0 aromatic rings. The van der Waals surface area contributed by atoms with E-state index >= 15 is 0 Å². The summed E-state index contributed by atoms with van der Waals surface area (Å²) in [6.07, 6.45) is 1.98. The van der Waals surface area contributed by atoms with E-state index in [-0.39, 0.29) is 18.6 Å². The lowest BCUT2D eigenvalue weighted by molar-refractivity contribution is 0.0534. The maximum absolute atomic E-state index is 12.4. The first-order chi connectivity index (χ1) is 7.62. The number of nitrogens with two attached hydrogens (primary N) is 1. The second-order valence-electron chi connectivity index (χ2n) is 4.76. The van der Waals surface area contributed by atoms with Gasteiger partial charge in [-0.2, -0.15) is 0 Å². The SMILES string of the molecule is NCC1(CN(CCO)CC(F)F)CCCC1. The fourth-order valence-electron chi connectivity index (χ4n) is 2.60.